The highest BCUT2D eigenvalue weighted by atomic mass is 19.1. The first-order valence-corrected chi connectivity index (χ1v) is 12.1. The molecule has 3 heterocycles. The van der Waals surface area contributed by atoms with E-state index in [1.165, 1.54) is 57.9 Å². The van der Waals surface area contributed by atoms with Gasteiger partial charge in [-0.2, -0.15) is 15.0 Å². The molecule has 0 bridgehead atoms. The Balaban J connectivity index is 1.52. The Morgan fingerprint density at radius 1 is 1.09 bits per heavy atom. The van der Waals surface area contributed by atoms with Gasteiger partial charge in [-0.1, -0.05) is 26.2 Å². The monoisotopic (exact) mass is 458 g/mol. The van der Waals surface area contributed by atoms with Gasteiger partial charge in [-0.15, -0.1) is 0 Å². The largest absolute Gasteiger partial charge is 0.492 e. The summed E-state index contributed by atoms with van der Waals surface area (Å²) in [5.74, 6) is 1.82. The molecule has 1 aliphatic heterocycles. The van der Waals surface area contributed by atoms with Gasteiger partial charge in [0.25, 0.3) is 0 Å². The summed E-state index contributed by atoms with van der Waals surface area (Å²) in [6.07, 6.45) is 10.9. The average molecular weight is 459 g/mol. The molecule has 0 radical (unpaired) electrons. The van der Waals surface area contributed by atoms with Gasteiger partial charge < -0.3 is 26.0 Å². The number of methoxy groups -OCH3 is 1. The summed E-state index contributed by atoms with van der Waals surface area (Å²) in [4.78, 5) is 17.9. The van der Waals surface area contributed by atoms with Crippen LogP contribution in [0.5, 0.6) is 5.75 Å². The number of nitrogens with zero attached hydrogens (tertiary/aromatic N) is 4. The number of ether oxygens (including phenoxy) is 1. The predicted molar refractivity (Wildman–Crippen MR) is 128 cm³/mol. The highest BCUT2D eigenvalue weighted by Gasteiger charge is 2.24. The molecule has 180 valence electrons. The van der Waals surface area contributed by atoms with Gasteiger partial charge in [-0.05, 0) is 44.6 Å². The summed E-state index contributed by atoms with van der Waals surface area (Å²) >= 11 is 0. The summed E-state index contributed by atoms with van der Waals surface area (Å²) in [5, 5.41) is 13.4. The Morgan fingerprint density at radius 2 is 1.88 bits per heavy atom. The Bertz CT molecular complexity index is 902. The van der Waals surface area contributed by atoms with Crippen LogP contribution in [0.2, 0.25) is 0 Å². The zero-order valence-corrected chi connectivity index (χ0v) is 19.5. The summed E-state index contributed by atoms with van der Waals surface area (Å²) in [6, 6.07) is 1.87. The standard InChI is InChI=1S/C23H35FN8O/c1-3-17(18-10-7-11-25-18)28-22-30-21(27-13-15-8-5-4-6-9-15)31-23(32-22)29-20-12-16(24)19(33-2)14-26-20/h12,14-15,17-18,25H,3-11,13H2,1-2H3,(H3,26,27,28,29,30,31,32). The quantitative estimate of drug-likeness (QED) is 0.418. The predicted octanol–water partition coefficient (Wildman–Crippen LogP) is 4.09. The number of hydrogen-bond acceptors (Lipinski definition) is 9. The molecule has 2 aliphatic rings. The minimum Gasteiger partial charge on any atom is -0.492 e. The van der Waals surface area contributed by atoms with Crippen molar-refractivity contribution in [3.8, 4) is 5.75 Å². The Labute approximate surface area is 194 Å². The van der Waals surface area contributed by atoms with Crippen LogP contribution in [0.4, 0.5) is 28.1 Å². The second-order valence-corrected chi connectivity index (χ2v) is 8.88. The van der Waals surface area contributed by atoms with Crippen molar-refractivity contribution >= 4 is 23.7 Å². The lowest BCUT2D eigenvalue weighted by atomic mass is 9.89. The van der Waals surface area contributed by atoms with Crippen LogP contribution < -0.4 is 26.0 Å². The molecule has 1 saturated heterocycles. The molecular formula is C23H35FN8O. The maximum absolute atomic E-state index is 14.1. The lowest BCUT2D eigenvalue weighted by Gasteiger charge is -2.24. The van der Waals surface area contributed by atoms with Crippen LogP contribution in [0.3, 0.4) is 0 Å². The number of nitrogens with one attached hydrogen (secondary N) is 4. The summed E-state index contributed by atoms with van der Waals surface area (Å²) < 4.78 is 19.1. The van der Waals surface area contributed by atoms with E-state index in [1.807, 2.05) is 0 Å². The van der Waals surface area contributed by atoms with Gasteiger partial charge in [-0.25, -0.2) is 9.37 Å². The van der Waals surface area contributed by atoms with Gasteiger partial charge in [-0.3, -0.25) is 0 Å². The van der Waals surface area contributed by atoms with Crippen molar-refractivity contribution in [1.82, 2.24) is 25.3 Å². The van der Waals surface area contributed by atoms with E-state index in [0.717, 1.165) is 25.9 Å². The summed E-state index contributed by atoms with van der Waals surface area (Å²) in [7, 11) is 1.41. The van der Waals surface area contributed by atoms with Crippen LogP contribution in [-0.4, -0.2) is 52.2 Å². The van der Waals surface area contributed by atoms with E-state index in [0.29, 0.717) is 35.6 Å². The lowest BCUT2D eigenvalue weighted by Crippen LogP contribution is -2.40. The molecule has 4 N–H and O–H groups in total. The van der Waals surface area contributed by atoms with Crippen LogP contribution >= 0.6 is 0 Å². The smallest absolute Gasteiger partial charge is 0.234 e. The van der Waals surface area contributed by atoms with Crippen LogP contribution in [0.25, 0.3) is 0 Å². The first-order valence-electron chi connectivity index (χ1n) is 12.1. The lowest BCUT2D eigenvalue weighted by molar-refractivity contribution is 0.373. The van der Waals surface area contributed by atoms with E-state index < -0.39 is 5.82 Å². The Kier molecular flexibility index (Phi) is 8.09. The second kappa shape index (κ2) is 11.4. The van der Waals surface area contributed by atoms with Crippen molar-refractivity contribution in [2.45, 2.75) is 70.4 Å². The zero-order valence-electron chi connectivity index (χ0n) is 19.5. The minimum absolute atomic E-state index is 0.0863. The van der Waals surface area contributed by atoms with Gasteiger partial charge >= 0.3 is 0 Å². The molecule has 0 spiro atoms. The molecule has 2 atom stereocenters. The number of pyridine rings is 1. The van der Waals surface area contributed by atoms with Gasteiger partial charge in [0.15, 0.2) is 11.6 Å². The minimum atomic E-state index is -0.503. The SMILES string of the molecule is CCC(Nc1nc(NCC2CCCCC2)nc(Nc2cc(F)c(OC)cn2)n1)C1CCCN1. The second-order valence-electron chi connectivity index (χ2n) is 8.88. The average Bonchev–Trinajstić information content (AvgIpc) is 3.37. The highest BCUT2D eigenvalue weighted by Crippen LogP contribution is 2.25. The molecule has 2 aromatic rings. The molecule has 1 saturated carbocycles. The number of hydrogen-bond donors (Lipinski definition) is 4. The van der Waals surface area contributed by atoms with Gasteiger partial charge in [0, 0.05) is 24.7 Å². The molecule has 2 aromatic heterocycles. The summed E-state index contributed by atoms with van der Waals surface area (Å²) in [6.45, 7) is 4.03. The maximum atomic E-state index is 14.1. The van der Waals surface area contributed by atoms with Crippen molar-refractivity contribution < 1.29 is 9.13 Å². The van der Waals surface area contributed by atoms with Crippen LogP contribution in [0.1, 0.15) is 58.3 Å². The highest BCUT2D eigenvalue weighted by molar-refractivity contribution is 5.52. The topological polar surface area (TPSA) is 109 Å². The van der Waals surface area contributed by atoms with E-state index in [1.54, 1.807) is 0 Å². The van der Waals surface area contributed by atoms with Crippen molar-refractivity contribution in [1.29, 1.82) is 0 Å². The van der Waals surface area contributed by atoms with E-state index in [-0.39, 0.29) is 11.8 Å². The van der Waals surface area contributed by atoms with Crippen LogP contribution in [0, 0.1) is 11.7 Å². The third kappa shape index (κ3) is 6.40. The van der Waals surface area contributed by atoms with E-state index in [4.69, 9.17) is 4.74 Å². The number of halogens is 1. The molecule has 1 aliphatic carbocycles. The van der Waals surface area contributed by atoms with Gasteiger partial charge in [0.05, 0.1) is 13.3 Å². The van der Waals surface area contributed by atoms with Gasteiger partial charge in [0.2, 0.25) is 17.8 Å². The van der Waals surface area contributed by atoms with Crippen molar-refractivity contribution in [3.05, 3.63) is 18.1 Å². The van der Waals surface area contributed by atoms with E-state index >= 15 is 0 Å². The number of anilines is 4. The fraction of sp³-hybridized carbons (Fsp3) is 0.652. The van der Waals surface area contributed by atoms with E-state index in [9.17, 15) is 4.39 Å². The van der Waals surface area contributed by atoms with Crippen LogP contribution in [0.15, 0.2) is 12.3 Å². The van der Waals surface area contributed by atoms with Crippen molar-refractivity contribution in [2.75, 3.05) is 36.1 Å². The zero-order chi connectivity index (χ0) is 23.0. The third-order valence-electron chi connectivity index (χ3n) is 6.53. The third-order valence-corrected chi connectivity index (χ3v) is 6.53. The first-order chi connectivity index (χ1) is 16.1. The molecule has 2 fully saturated rings. The normalized spacial score (nSPS) is 19.8. The number of aromatic nitrogens is 4. The molecule has 33 heavy (non-hydrogen) atoms. The van der Waals surface area contributed by atoms with E-state index in [2.05, 4.69) is 48.1 Å². The molecule has 10 heteroatoms. The van der Waals surface area contributed by atoms with Crippen LogP contribution in [-0.2, 0) is 0 Å². The summed E-state index contributed by atoms with van der Waals surface area (Å²) in [5.41, 5.74) is 0. The van der Waals surface area contributed by atoms with Gasteiger partial charge in [0.1, 0.15) is 5.82 Å². The first kappa shape index (κ1) is 23.4. The number of rotatable bonds is 10. The molecule has 4 rings (SSSR count). The maximum Gasteiger partial charge on any atom is 0.234 e. The fourth-order valence-electron chi connectivity index (χ4n) is 4.66. The molecular weight excluding hydrogens is 423 g/mol. The Morgan fingerprint density at radius 3 is 2.58 bits per heavy atom. The molecule has 0 amide bonds. The van der Waals surface area contributed by atoms with Crippen molar-refractivity contribution in [3.63, 3.8) is 0 Å². The molecule has 9 nitrogen and oxygen atoms in total. The Hall–Kier alpha value is -2.75. The molecule has 2 unspecified atom stereocenters. The molecule has 0 aromatic carbocycles. The fourth-order valence-corrected chi connectivity index (χ4v) is 4.66. The van der Waals surface area contributed by atoms with Crippen molar-refractivity contribution in [2.24, 2.45) is 5.92 Å².